The maximum Gasteiger partial charge on any atom is 0.246 e. The van der Waals surface area contributed by atoms with Crippen LogP contribution in [0.5, 0.6) is 5.88 Å². The summed E-state index contributed by atoms with van der Waals surface area (Å²) in [6.45, 7) is 0.0498. The molecule has 2 aromatic carbocycles. The summed E-state index contributed by atoms with van der Waals surface area (Å²) in [4.78, 5) is 20.7. The summed E-state index contributed by atoms with van der Waals surface area (Å²) in [5.74, 6) is -0.321. The lowest BCUT2D eigenvalue weighted by atomic mass is 10.3. The molecule has 0 aliphatic carbocycles. The predicted molar refractivity (Wildman–Crippen MR) is 116 cm³/mol. The van der Waals surface area contributed by atoms with Gasteiger partial charge in [0.25, 0.3) is 0 Å². The number of carbonyl (C=O) groups excluding carboxylic acids is 1. The van der Waals surface area contributed by atoms with Gasteiger partial charge in [0.05, 0.1) is 18.1 Å². The van der Waals surface area contributed by atoms with Gasteiger partial charge in [-0.1, -0.05) is 23.4 Å². The van der Waals surface area contributed by atoms with Gasteiger partial charge in [-0.2, -0.15) is 5.10 Å². The normalized spacial score (nSPS) is 10.9. The van der Waals surface area contributed by atoms with Crippen molar-refractivity contribution >= 4 is 22.6 Å². The summed E-state index contributed by atoms with van der Waals surface area (Å²) in [5, 5.41) is 15.7. The molecule has 0 radical (unpaired) electrons. The van der Waals surface area contributed by atoms with Gasteiger partial charge in [-0.25, -0.2) is 23.7 Å². The van der Waals surface area contributed by atoms with Crippen molar-refractivity contribution in [2.75, 3.05) is 5.32 Å². The third-order valence-electron chi connectivity index (χ3n) is 4.71. The Hall–Kier alpha value is -4.67. The van der Waals surface area contributed by atoms with Gasteiger partial charge in [0, 0.05) is 5.69 Å². The van der Waals surface area contributed by atoms with E-state index in [0.29, 0.717) is 28.3 Å². The van der Waals surface area contributed by atoms with Crippen molar-refractivity contribution in [1.29, 1.82) is 0 Å². The van der Waals surface area contributed by atoms with Crippen LogP contribution in [-0.2, 0) is 17.9 Å². The van der Waals surface area contributed by atoms with Crippen LogP contribution in [0, 0.1) is 5.82 Å². The molecule has 1 N–H and O–H groups in total. The van der Waals surface area contributed by atoms with E-state index in [9.17, 15) is 9.18 Å². The van der Waals surface area contributed by atoms with E-state index in [1.54, 1.807) is 17.1 Å². The van der Waals surface area contributed by atoms with Crippen LogP contribution < -0.4 is 10.1 Å². The molecule has 0 fully saturated rings. The van der Waals surface area contributed by atoms with E-state index in [-0.39, 0.29) is 24.9 Å². The number of halogens is 1. The topological polar surface area (TPSA) is 113 Å². The molecule has 10 nitrogen and oxygen atoms in total. The average Bonchev–Trinajstić information content (AvgIpc) is 3.47. The Bertz CT molecular complexity index is 1400. The fraction of sp³-hybridized carbons (Fsp3) is 0.0909. The summed E-state index contributed by atoms with van der Waals surface area (Å²) in [5.41, 5.74) is 2.51. The third-order valence-corrected chi connectivity index (χ3v) is 4.71. The van der Waals surface area contributed by atoms with E-state index in [1.165, 1.54) is 35.3 Å². The SMILES string of the molecule is O=C(Cn1cc(COc2ncnc3c2cnn3-c2ccccc2)nn1)Nc1ccc(F)cc1. The van der Waals surface area contributed by atoms with Crippen LogP contribution in [0.1, 0.15) is 5.69 Å². The van der Waals surface area contributed by atoms with Crippen LogP contribution in [0.2, 0.25) is 0 Å². The molecular weight excluding hydrogens is 427 g/mol. The summed E-state index contributed by atoms with van der Waals surface area (Å²) in [6, 6.07) is 15.1. The Kier molecular flexibility index (Phi) is 5.42. The maximum atomic E-state index is 13.0. The Morgan fingerprint density at radius 2 is 1.88 bits per heavy atom. The standard InChI is InChI=1S/C22H17FN8O2/c23-15-6-8-16(9-7-15)27-20(32)12-30-11-17(28-29-30)13-33-22-19-10-26-31(21(19)24-14-25-22)18-4-2-1-3-5-18/h1-11,14H,12-13H2,(H,27,32). The highest BCUT2D eigenvalue weighted by Crippen LogP contribution is 2.23. The Balaban J connectivity index is 1.24. The van der Waals surface area contributed by atoms with E-state index < -0.39 is 0 Å². The zero-order chi connectivity index (χ0) is 22.6. The van der Waals surface area contributed by atoms with Gasteiger partial charge in [-0.3, -0.25) is 4.79 Å². The molecule has 0 saturated heterocycles. The van der Waals surface area contributed by atoms with E-state index in [1.807, 2.05) is 30.3 Å². The molecule has 3 aromatic heterocycles. The number of anilines is 1. The first-order chi connectivity index (χ1) is 16.2. The first kappa shape index (κ1) is 20.2. The molecule has 5 aromatic rings. The number of carbonyl (C=O) groups is 1. The number of fused-ring (bicyclic) bond motifs is 1. The van der Waals surface area contributed by atoms with Gasteiger partial charge in [0.15, 0.2) is 5.65 Å². The second-order valence-electron chi connectivity index (χ2n) is 7.06. The molecule has 5 rings (SSSR count). The number of nitrogens with zero attached hydrogens (tertiary/aromatic N) is 7. The molecule has 0 aliphatic heterocycles. The lowest BCUT2D eigenvalue weighted by molar-refractivity contribution is -0.116. The molecule has 3 heterocycles. The molecule has 0 bridgehead atoms. The number of nitrogens with one attached hydrogen (secondary N) is 1. The average molecular weight is 444 g/mol. The third kappa shape index (κ3) is 4.51. The molecule has 0 aliphatic rings. The zero-order valence-corrected chi connectivity index (χ0v) is 17.2. The lowest BCUT2D eigenvalue weighted by Crippen LogP contribution is -2.19. The zero-order valence-electron chi connectivity index (χ0n) is 17.2. The predicted octanol–water partition coefficient (Wildman–Crippen LogP) is 2.76. The highest BCUT2D eigenvalue weighted by Gasteiger charge is 2.13. The number of benzene rings is 2. The maximum absolute atomic E-state index is 13.0. The largest absolute Gasteiger partial charge is 0.470 e. The summed E-state index contributed by atoms with van der Waals surface area (Å²) >= 11 is 0. The molecule has 0 saturated carbocycles. The van der Waals surface area contributed by atoms with Crippen LogP contribution in [-0.4, -0.2) is 40.6 Å². The van der Waals surface area contributed by atoms with Crippen molar-refractivity contribution in [1.82, 2.24) is 34.7 Å². The van der Waals surface area contributed by atoms with Gasteiger partial charge < -0.3 is 10.1 Å². The van der Waals surface area contributed by atoms with Crippen LogP contribution >= 0.6 is 0 Å². The van der Waals surface area contributed by atoms with E-state index >= 15 is 0 Å². The molecule has 164 valence electrons. The highest BCUT2D eigenvalue weighted by atomic mass is 19.1. The Morgan fingerprint density at radius 1 is 1.06 bits per heavy atom. The molecular formula is C22H17FN8O2. The highest BCUT2D eigenvalue weighted by molar-refractivity contribution is 5.90. The van der Waals surface area contributed by atoms with Gasteiger partial charge in [0.1, 0.15) is 36.4 Å². The summed E-state index contributed by atoms with van der Waals surface area (Å²) in [6.07, 6.45) is 4.67. The molecule has 33 heavy (non-hydrogen) atoms. The van der Waals surface area contributed by atoms with Gasteiger partial charge in [-0.05, 0) is 36.4 Å². The fourth-order valence-electron chi connectivity index (χ4n) is 3.20. The molecule has 1 amide bonds. The van der Waals surface area contributed by atoms with Crippen molar-refractivity contribution in [2.24, 2.45) is 0 Å². The number of aromatic nitrogens is 7. The van der Waals surface area contributed by atoms with Gasteiger partial charge in [-0.15, -0.1) is 5.10 Å². The Morgan fingerprint density at radius 3 is 2.70 bits per heavy atom. The first-order valence-corrected chi connectivity index (χ1v) is 9.97. The number of rotatable bonds is 7. The van der Waals surface area contributed by atoms with Crippen molar-refractivity contribution in [3.05, 3.63) is 84.8 Å². The van der Waals surface area contributed by atoms with E-state index in [4.69, 9.17) is 4.74 Å². The minimum atomic E-state index is -0.373. The monoisotopic (exact) mass is 444 g/mol. The van der Waals surface area contributed by atoms with Gasteiger partial charge in [0.2, 0.25) is 11.8 Å². The number of hydrogen-bond acceptors (Lipinski definition) is 7. The van der Waals surface area contributed by atoms with Crippen LogP contribution in [0.4, 0.5) is 10.1 Å². The van der Waals surface area contributed by atoms with Crippen LogP contribution in [0.15, 0.2) is 73.3 Å². The fourth-order valence-corrected chi connectivity index (χ4v) is 3.20. The number of amides is 1. The minimum absolute atomic E-state index is 0.0496. The lowest BCUT2D eigenvalue weighted by Gasteiger charge is -2.05. The molecule has 0 atom stereocenters. The minimum Gasteiger partial charge on any atom is -0.470 e. The van der Waals surface area contributed by atoms with Crippen LogP contribution in [0.3, 0.4) is 0 Å². The summed E-state index contributed by atoms with van der Waals surface area (Å²) in [7, 11) is 0. The van der Waals surface area contributed by atoms with E-state index in [2.05, 4.69) is 30.7 Å². The second kappa shape index (κ2) is 8.83. The first-order valence-electron chi connectivity index (χ1n) is 9.97. The smallest absolute Gasteiger partial charge is 0.246 e. The van der Waals surface area contributed by atoms with Crippen molar-refractivity contribution in [2.45, 2.75) is 13.2 Å². The Labute approximate surface area is 186 Å². The van der Waals surface area contributed by atoms with Crippen LogP contribution in [0.25, 0.3) is 16.7 Å². The van der Waals surface area contributed by atoms with E-state index in [0.717, 1.165) is 5.69 Å². The van der Waals surface area contributed by atoms with Gasteiger partial charge >= 0.3 is 0 Å². The van der Waals surface area contributed by atoms with Crippen molar-refractivity contribution in [3.8, 4) is 11.6 Å². The number of para-hydroxylation sites is 1. The molecule has 11 heteroatoms. The molecule has 0 spiro atoms. The van der Waals surface area contributed by atoms with Crippen molar-refractivity contribution in [3.63, 3.8) is 0 Å². The number of hydrogen-bond donors (Lipinski definition) is 1. The van der Waals surface area contributed by atoms with Crippen molar-refractivity contribution < 1.29 is 13.9 Å². The number of ether oxygens (including phenoxy) is 1. The summed E-state index contributed by atoms with van der Waals surface area (Å²) < 4.78 is 21.9. The quantitative estimate of drug-likeness (QED) is 0.411. The second-order valence-corrected chi connectivity index (χ2v) is 7.06. The molecule has 0 unspecified atom stereocenters.